The van der Waals surface area contributed by atoms with Crippen molar-refractivity contribution in [2.24, 2.45) is 5.73 Å². The highest BCUT2D eigenvalue weighted by Gasteiger charge is 2.18. The van der Waals surface area contributed by atoms with Gasteiger partial charge in [0.1, 0.15) is 0 Å². The van der Waals surface area contributed by atoms with Crippen LogP contribution in [0.4, 0.5) is 5.69 Å². The minimum Gasteiger partial charge on any atom is -0.370 e. The quantitative estimate of drug-likeness (QED) is 0.662. The van der Waals surface area contributed by atoms with Crippen LogP contribution in [0.15, 0.2) is 29.2 Å². The summed E-state index contributed by atoms with van der Waals surface area (Å²) in [6, 6.07) is 7.92. The predicted octanol–water partition coefficient (Wildman–Crippen LogP) is 2.16. The molecule has 1 fully saturated rings. The summed E-state index contributed by atoms with van der Waals surface area (Å²) in [5.74, 6) is 0.334. The van der Waals surface area contributed by atoms with Gasteiger partial charge in [-0.25, -0.2) is 0 Å². The number of carbonyl (C=O) groups is 2. The van der Waals surface area contributed by atoms with Crippen molar-refractivity contribution < 1.29 is 9.59 Å². The number of thioether (sulfide) groups is 1. The Balaban J connectivity index is 0.00000242. The van der Waals surface area contributed by atoms with Crippen LogP contribution in [0.3, 0.4) is 0 Å². The Bertz CT molecular complexity index is 507. The molecule has 2 rings (SSSR count). The molecule has 0 bridgehead atoms. The van der Waals surface area contributed by atoms with Gasteiger partial charge < -0.3 is 16.4 Å². The number of hydrogen-bond donors (Lipinski definition) is 3. The fourth-order valence-electron chi connectivity index (χ4n) is 2.31. The van der Waals surface area contributed by atoms with Crippen molar-refractivity contribution in [3.63, 3.8) is 0 Å². The zero-order valence-corrected chi connectivity index (χ0v) is 14.0. The summed E-state index contributed by atoms with van der Waals surface area (Å²) < 4.78 is 0. The first-order valence-corrected chi connectivity index (χ1v) is 8.17. The molecular formula is C15H22ClN3O2S. The Morgan fingerprint density at radius 3 is 2.82 bits per heavy atom. The van der Waals surface area contributed by atoms with Gasteiger partial charge in [0.05, 0.1) is 5.69 Å². The highest BCUT2D eigenvalue weighted by Crippen LogP contribution is 2.27. The highest BCUT2D eigenvalue weighted by molar-refractivity contribution is 7.99. The number of para-hydroxylation sites is 1. The normalized spacial score (nSPS) is 16.8. The number of nitrogens with one attached hydrogen (secondary N) is 2. The number of nitrogens with two attached hydrogens (primary N) is 1. The number of halogens is 1. The first kappa shape index (κ1) is 18.8. The summed E-state index contributed by atoms with van der Waals surface area (Å²) in [6.07, 6.45) is 3.03. The Morgan fingerprint density at radius 1 is 1.36 bits per heavy atom. The lowest BCUT2D eigenvalue weighted by molar-refractivity contribution is -0.118. The lowest BCUT2D eigenvalue weighted by Gasteiger charge is -2.13. The van der Waals surface area contributed by atoms with E-state index in [1.165, 1.54) is 11.8 Å². The van der Waals surface area contributed by atoms with E-state index in [0.29, 0.717) is 24.6 Å². The third-order valence-electron chi connectivity index (χ3n) is 3.36. The molecule has 4 N–H and O–H groups in total. The van der Waals surface area contributed by atoms with E-state index in [1.807, 2.05) is 24.3 Å². The molecule has 1 aromatic carbocycles. The number of rotatable bonds is 7. The first-order valence-electron chi connectivity index (χ1n) is 7.18. The fraction of sp³-hybridized carbons (Fsp3) is 0.467. The second-order valence-corrected chi connectivity index (χ2v) is 6.24. The maximum atomic E-state index is 12.1. The second kappa shape index (κ2) is 9.71. The van der Waals surface area contributed by atoms with Crippen LogP contribution in [0.25, 0.3) is 0 Å². The molecule has 1 atom stereocenters. The molecule has 1 saturated heterocycles. The van der Waals surface area contributed by atoms with Crippen molar-refractivity contribution in [1.29, 1.82) is 0 Å². The van der Waals surface area contributed by atoms with Crippen molar-refractivity contribution in [2.75, 3.05) is 17.6 Å². The van der Waals surface area contributed by atoms with E-state index in [4.69, 9.17) is 5.73 Å². The molecule has 0 aliphatic carbocycles. The molecule has 1 heterocycles. The van der Waals surface area contributed by atoms with E-state index in [2.05, 4.69) is 10.6 Å². The monoisotopic (exact) mass is 343 g/mol. The third-order valence-corrected chi connectivity index (χ3v) is 4.44. The van der Waals surface area contributed by atoms with E-state index in [-0.39, 0.29) is 24.2 Å². The molecule has 0 spiro atoms. The summed E-state index contributed by atoms with van der Waals surface area (Å²) in [5, 5.41) is 6.28. The number of benzene rings is 1. The van der Waals surface area contributed by atoms with Crippen molar-refractivity contribution in [3.05, 3.63) is 24.3 Å². The van der Waals surface area contributed by atoms with E-state index in [0.717, 1.165) is 30.0 Å². The largest absolute Gasteiger partial charge is 0.370 e. The number of primary amides is 1. The summed E-state index contributed by atoms with van der Waals surface area (Å²) in [4.78, 5) is 23.8. The van der Waals surface area contributed by atoms with Gasteiger partial charge in [0.2, 0.25) is 11.8 Å². The topological polar surface area (TPSA) is 84.2 Å². The van der Waals surface area contributed by atoms with Crippen LogP contribution in [-0.2, 0) is 9.59 Å². The molecule has 2 amide bonds. The molecule has 1 unspecified atom stereocenters. The number of hydrogen-bond acceptors (Lipinski definition) is 4. The minimum absolute atomic E-state index is 0. The molecule has 122 valence electrons. The molecule has 1 aliphatic heterocycles. The predicted molar refractivity (Wildman–Crippen MR) is 92.5 cm³/mol. The minimum atomic E-state index is -0.309. The van der Waals surface area contributed by atoms with E-state index in [9.17, 15) is 9.59 Å². The average molecular weight is 344 g/mol. The van der Waals surface area contributed by atoms with Gasteiger partial charge in [-0.3, -0.25) is 9.59 Å². The lowest BCUT2D eigenvalue weighted by atomic mass is 10.1. The third kappa shape index (κ3) is 6.25. The van der Waals surface area contributed by atoms with Gasteiger partial charge in [0.25, 0.3) is 0 Å². The summed E-state index contributed by atoms with van der Waals surface area (Å²) >= 11 is 1.53. The van der Waals surface area contributed by atoms with Gasteiger partial charge in [-0.15, -0.1) is 24.2 Å². The van der Waals surface area contributed by atoms with Gasteiger partial charge in [-0.2, -0.15) is 0 Å². The number of amides is 2. The number of carbonyl (C=O) groups excluding carboxylic acids is 2. The van der Waals surface area contributed by atoms with Crippen LogP contribution in [0, 0.1) is 0 Å². The molecular weight excluding hydrogens is 322 g/mol. The molecule has 5 nitrogen and oxygen atoms in total. The van der Waals surface area contributed by atoms with Crippen LogP contribution in [0.2, 0.25) is 0 Å². The Morgan fingerprint density at radius 2 is 2.14 bits per heavy atom. The maximum absolute atomic E-state index is 12.1. The zero-order chi connectivity index (χ0) is 15.1. The van der Waals surface area contributed by atoms with E-state index >= 15 is 0 Å². The molecule has 1 aromatic rings. The van der Waals surface area contributed by atoms with Crippen molar-refractivity contribution >= 4 is 41.7 Å². The SMILES string of the molecule is Cl.NC(=O)CCSc1ccccc1NC(=O)CC1CCCN1. The lowest BCUT2D eigenvalue weighted by Crippen LogP contribution is -2.27. The molecule has 0 aromatic heterocycles. The standard InChI is InChI=1S/C15H21N3O2S.ClH/c16-14(19)7-9-21-13-6-2-1-5-12(13)18-15(20)10-11-4-3-8-17-11;/h1-2,5-6,11,17H,3-4,7-10H2,(H2,16,19)(H,18,20);1H. The van der Waals surface area contributed by atoms with Crippen LogP contribution < -0.4 is 16.4 Å². The Hall–Kier alpha value is -1.24. The van der Waals surface area contributed by atoms with Gasteiger partial charge in [0, 0.05) is 29.5 Å². The fourth-order valence-corrected chi connectivity index (χ4v) is 3.29. The van der Waals surface area contributed by atoms with Gasteiger partial charge in [-0.05, 0) is 31.5 Å². The molecule has 1 aliphatic rings. The Kier molecular flexibility index (Phi) is 8.30. The molecule has 0 saturated carbocycles. The van der Waals surface area contributed by atoms with Crippen molar-refractivity contribution in [3.8, 4) is 0 Å². The molecule has 0 radical (unpaired) electrons. The van der Waals surface area contributed by atoms with Crippen LogP contribution in [0.1, 0.15) is 25.7 Å². The summed E-state index contributed by atoms with van der Waals surface area (Å²) in [6.45, 7) is 0.998. The Labute approximate surface area is 141 Å². The van der Waals surface area contributed by atoms with E-state index < -0.39 is 0 Å². The number of anilines is 1. The van der Waals surface area contributed by atoms with Crippen molar-refractivity contribution in [2.45, 2.75) is 36.6 Å². The van der Waals surface area contributed by atoms with Crippen LogP contribution >= 0.6 is 24.2 Å². The van der Waals surface area contributed by atoms with Gasteiger partial charge >= 0.3 is 0 Å². The highest BCUT2D eigenvalue weighted by atomic mass is 35.5. The van der Waals surface area contributed by atoms with E-state index in [1.54, 1.807) is 0 Å². The van der Waals surface area contributed by atoms with Gasteiger partial charge in [-0.1, -0.05) is 12.1 Å². The maximum Gasteiger partial charge on any atom is 0.225 e. The molecule has 7 heteroatoms. The first-order chi connectivity index (χ1) is 10.1. The zero-order valence-electron chi connectivity index (χ0n) is 12.3. The average Bonchev–Trinajstić information content (AvgIpc) is 2.93. The molecule has 22 heavy (non-hydrogen) atoms. The summed E-state index contributed by atoms with van der Waals surface area (Å²) in [7, 11) is 0. The van der Waals surface area contributed by atoms with Crippen LogP contribution in [-0.4, -0.2) is 30.2 Å². The second-order valence-electron chi connectivity index (χ2n) is 5.11. The smallest absolute Gasteiger partial charge is 0.225 e. The van der Waals surface area contributed by atoms with Gasteiger partial charge in [0.15, 0.2) is 0 Å². The van der Waals surface area contributed by atoms with Crippen LogP contribution in [0.5, 0.6) is 0 Å². The van der Waals surface area contributed by atoms with Crippen molar-refractivity contribution in [1.82, 2.24) is 5.32 Å². The summed E-state index contributed by atoms with van der Waals surface area (Å²) in [5.41, 5.74) is 5.94.